The minimum atomic E-state index is -0.305. The molecule has 0 atom stereocenters. The number of carbonyl (C=O) groups excluding carboxylic acids is 1. The van der Waals surface area contributed by atoms with Crippen LogP contribution >= 0.6 is 0 Å². The average Bonchev–Trinajstić information content (AvgIpc) is 2.59. The summed E-state index contributed by atoms with van der Waals surface area (Å²) in [6, 6.07) is 11.4. The van der Waals surface area contributed by atoms with Crippen LogP contribution in [0.15, 0.2) is 41.5 Å². The zero-order valence-electron chi connectivity index (χ0n) is 14.4. The first-order valence-corrected chi connectivity index (χ1v) is 7.67. The van der Waals surface area contributed by atoms with Gasteiger partial charge in [0.05, 0.1) is 13.3 Å². The van der Waals surface area contributed by atoms with Crippen LogP contribution in [0.2, 0.25) is 0 Å². The smallest absolute Gasteiger partial charge is 0.277 e. The first-order chi connectivity index (χ1) is 11.5. The highest BCUT2D eigenvalue weighted by molar-refractivity contribution is 5.83. The highest BCUT2D eigenvalue weighted by Crippen LogP contribution is 2.25. The van der Waals surface area contributed by atoms with Gasteiger partial charge in [0.15, 0.2) is 6.61 Å². The van der Waals surface area contributed by atoms with Gasteiger partial charge in [0.1, 0.15) is 11.5 Å². The summed E-state index contributed by atoms with van der Waals surface area (Å²) in [6.45, 7) is 5.88. The molecule has 5 nitrogen and oxygen atoms in total. The van der Waals surface area contributed by atoms with Gasteiger partial charge in [0.2, 0.25) is 0 Å². The van der Waals surface area contributed by atoms with E-state index in [4.69, 9.17) is 9.47 Å². The largest absolute Gasteiger partial charge is 0.497 e. The van der Waals surface area contributed by atoms with E-state index < -0.39 is 0 Å². The quantitative estimate of drug-likeness (QED) is 0.655. The number of hydrogen-bond donors (Lipinski definition) is 1. The zero-order valence-corrected chi connectivity index (χ0v) is 14.4. The standard InChI is InChI=1S/C19H22N2O3/c1-13-5-6-14(2)19(15(13)3)24-12-18(22)21-20-11-16-7-9-17(23-4)10-8-16/h5-11H,12H2,1-4H3,(H,21,22)/b20-11-. The van der Waals surface area contributed by atoms with Gasteiger partial charge < -0.3 is 9.47 Å². The summed E-state index contributed by atoms with van der Waals surface area (Å²) in [6.07, 6.45) is 1.57. The van der Waals surface area contributed by atoms with Crippen LogP contribution in [0, 0.1) is 20.8 Å². The van der Waals surface area contributed by atoms with Crippen molar-refractivity contribution in [3.8, 4) is 11.5 Å². The molecule has 1 N–H and O–H groups in total. The fourth-order valence-electron chi connectivity index (χ4n) is 2.19. The molecule has 5 heteroatoms. The van der Waals surface area contributed by atoms with Crippen LogP contribution in [0.4, 0.5) is 0 Å². The molecule has 1 amide bonds. The third-order valence-electron chi connectivity index (χ3n) is 3.74. The molecule has 0 saturated heterocycles. The molecule has 0 fully saturated rings. The molecule has 0 saturated carbocycles. The molecule has 0 aliphatic heterocycles. The van der Waals surface area contributed by atoms with Gasteiger partial charge in [-0.1, -0.05) is 12.1 Å². The molecule has 2 rings (SSSR count). The molecule has 0 bridgehead atoms. The summed E-state index contributed by atoms with van der Waals surface area (Å²) >= 11 is 0. The maximum Gasteiger partial charge on any atom is 0.277 e. The second kappa shape index (κ2) is 8.15. The molecule has 0 radical (unpaired) electrons. The number of aryl methyl sites for hydroxylation is 2. The van der Waals surface area contributed by atoms with E-state index in [-0.39, 0.29) is 12.5 Å². The maximum atomic E-state index is 11.8. The van der Waals surface area contributed by atoms with E-state index in [1.807, 2.05) is 57.2 Å². The Kier molecular flexibility index (Phi) is 5.95. The van der Waals surface area contributed by atoms with E-state index in [2.05, 4.69) is 10.5 Å². The normalized spacial score (nSPS) is 10.7. The fraction of sp³-hybridized carbons (Fsp3) is 0.263. The van der Waals surface area contributed by atoms with Gasteiger partial charge in [-0.3, -0.25) is 4.79 Å². The summed E-state index contributed by atoms with van der Waals surface area (Å²) in [4.78, 5) is 11.8. The topological polar surface area (TPSA) is 59.9 Å². The average molecular weight is 326 g/mol. The zero-order chi connectivity index (χ0) is 17.5. The summed E-state index contributed by atoms with van der Waals surface area (Å²) in [5.41, 5.74) is 6.51. The number of hydrazone groups is 1. The number of carbonyl (C=O) groups is 1. The molecule has 0 unspecified atom stereocenters. The number of nitrogens with one attached hydrogen (secondary N) is 1. The van der Waals surface area contributed by atoms with Crippen LogP contribution in [0.5, 0.6) is 11.5 Å². The summed E-state index contributed by atoms with van der Waals surface area (Å²) in [5, 5.41) is 3.93. The summed E-state index contributed by atoms with van der Waals surface area (Å²) in [5.74, 6) is 1.22. The predicted molar refractivity (Wildman–Crippen MR) is 94.9 cm³/mol. The van der Waals surface area contributed by atoms with Gasteiger partial charge >= 0.3 is 0 Å². The number of ether oxygens (including phenoxy) is 2. The third kappa shape index (κ3) is 4.59. The van der Waals surface area contributed by atoms with E-state index in [1.165, 1.54) is 0 Å². The minimum Gasteiger partial charge on any atom is -0.497 e. The number of benzene rings is 2. The number of nitrogens with zero attached hydrogens (tertiary/aromatic N) is 1. The van der Waals surface area contributed by atoms with Crippen molar-refractivity contribution < 1.29 is 14.3 Å². The Balaban J connectivity index is 1.87. The van der Waals surface area contributed by atoms with Crippen LogP contribution in [0.25, 0.3) is 0 Å². The van der Waals surface area contributed by atoms with Gasteiger partial charge in [-0.2, -0.15) is 5.10 Å². The van der Waals surface area contributed by atoms with Crippen LogP contribution in [-0.4, -0.2) is 25.8 Å². The van der Waals surface area contributed by atoms with Crippen molar-refractivity contribution >= 4 is 12.1 Å². The Bertz CT molecular complexity index is 737. The van der Waals surface area contributed by atoms with Crippen molar-refractivity contribution in [2.75, 3.05) is 13.7 Å². The number of hydrogen-bond acceptors (Lipinski definition) is 4. The first kappa shape index (κ1) is 17.5. The predicted octanol–water partition coefficient (Wildman–Crippen LogP) is 3.15. The Hall–Kier alpha value is -2.82. The Morgan fingerprint density at radius 3 is 2.42 bits per heavy atom. The van der Waals surface area contributed by atoms with E-state index in [9.17, 15) is 4.79 Å². The molecule has 24 heavy (non-hydrogen) atoms. The lowest BCUT2D eigenvalue weighted by atomic mass is 10.1. The molecule has 0 aliphatic carbocycles. The van der Waals surface area contributed by atoms with E-state index in [0.29, 0.717) is 0 Å². The van der Waals surface area contributed by atoms with Gasteiger partial charge in [-0.25, -0.2) is 5.43 Å². The van der Waals surface area contributed by atoms with Gasteiger partial charge in [0.25, 0.3) is 5.91 Å². The molecule has 0 spiro atoms. The second-order valence-corrected chi connectivity index (χ2v) is 5.51. The number of amides is 1. The molecule has 2 aromatic rings. The van der Waals surface area contributed by atoms with Gasteiger partial charge in [-0.15, -0.1) is 0 Å². The molecular weight excluding hydrogens is 304 g/mol. The van der Waals surface area contributed by atoms with Crippen molar-refractivity contribution in [1.29, 1.82) is 0 Å². The lowest BCUT2D eigenvalue weighted by molar-refractivity contribution is -0.123. The van der Waals surface area contributed by atoms with Crippen molar-refractivity contribution in [2.45, 2.75) is 20.8 Å². The minimum absolute atomic E-state index is 0.0783. The third-order valence-corrected chi connectivity index (χ3v) is 3.74. The van der Waals surface area contributed by atoms with Crippen LogP contribution in [0.3, 0.4) is 0 Å². The van der Waals surface area contributed by atoms with Gasteiger partial charge in [0, 0.05) is 0 Å². The number of methoxy groups -OCH3 is 1. The number of rotatable bonds is 6. The van der Waals surface area contributed by atoms with Crippen molar-refractivity contribution in [2.24, 2.45) is 5.10 Å². The van der Waals surface area contributed by atoms with Crippen LogP contribution in [0.1, 0.15) is 22.3 Å². The van der Waals surface area contributed by atoms with E-state index >= 15 is 0 Å². The van der Waals surface area contributed by atoms with Crippen molar-refractivity contribution in [3.05, 3.63) is 58.7 Å². The van der Waals surface area contributed by atoms with Crippen LogP contribution in [-0.2, 0) is 4.79 Å². The van der Waals surface area contributed by atoms with Crippen molar-refractivity contribution in [1.82, 2.24) is 5.43 Å². The maximum absolute atomic E-state index is 11.8. The monoisotopic (exact) mass is 326 g/mol. The van der Waals surface area contributed by atoms with Crippen LogP contribution < -0.4 is 14.9 Å². The van der Waals surface area contributed by atoms with E-state index in [0.717, 1.165) is 33.8 Å². The fourth-order valence-corrected chi connectivity index (χ4v) is 2.19. The molecule has 0 heterocycles. The van der Waals surface area contributed by atoms with E-state index in [1.54, 1.807) is 13.3 Å². The lowest BCUT2D eigenvalue weighted by Gasteiger charge is -2.13. The molecule has 126 valence electrons. The molecular formula is C19H22N2O3. The highest BCUT2D eigenvalue weighted by atomic mass is 16.5. The first-order valence-electron chi connectivity index (χ1n) is 7.67. The Morgan fingerprint density at radius 2 is 1.75 bits per heavy atom. The van der Waals surface area contributed by atoms with Gasteiger partial charge in [-0.05, 0) is 67.3 Å². The molecule has 2 aromatic carbocycles. The molecule has 0 aromatic heterocycles. The Morgan fingerprint density at radius 1 is 1.08 bits per heavy atom. The second-order valence-electron chi connectivity index (χ2n) is 5.51. The van der Waals surface area contributed by atoms with Crippen molar-refractivity contribution in [3.63, 3.8) is 0 Å². The Labute approximate surface area is 142 Å². The summed E-state index contributed by atoms with van der Waals surface area (Å²) < 4.78 is 10.7. The SMILES string of the molecule is COc1ccc(/C=N\NC(=O)COc2c(C)ccc(C)c2C)cc1. The molecule has 0 aliphatic rings. The lowest BCUT2D eigenvalue weighted by Crippen LogP contribution is -2.25. The summed E-state index contributed by atoms with van der Waals surface area (Å²) in [7, 11) is 1.61. The highest BCUT2D eigenvalue weighted by Gasteiger charge is 2.08.